The van der Waals surface area contributed by atoms with Crippen molar-refractivity contribution in [2.45, 2.75) is 32.8 Å². The third-order valence-electron chi connectivity index (χ3n) is 2.79. The van der Waals surface area contributed by atoms with Crippen LogP contribution in [0.3, 0.4) is 0 Å². The van der Waals surface area contributed by atoms with Crippen molar-refractivity contribution >= 4 is 11.6 Å². The van der Waals surface area contributed by atoms with Gasteiger partial charge in [-0.1, -0.05) is 25.5 Å². The fourth-order valence-electron chi connectivity index (χ4n) is 1.64. The molecule has 0 aliphatic rings. The van der Waals surface area contributed by atoms with Crippen molar-refractivity contribution < 1.29 is 9.53 Å². The van der Waals surface area contributed by atoms with Crippen molar-refractivity contribution in [1.82, 2.24) is 4.90 Å². The molecular formula is C14H22N2O2. The summed E-state index contributed by atoms with van der Waals surface area (Å²) >= 11 is 0. The number of nitrogens with two attached hydrogens (primary N) is 1. The van der Waals surface area contributed by atoms with Gasteiger partial charge in [0.1, 0.15) is 5.75 Å². The van der Waals surface area contributed by atoms with Crippen molar-refractivity contribution in [3.05, 3.63) is 24.3 Å². The fraction of sp³-hybridized carbons (Fsp3) is 0.500. The maximum atomic E-state index is 12.0. The standard InChI is InChI=1S/C14H22N2O2/c1-4-5-10-16(3)14(17)11(2)18-13-9-7-6-8-12(13)15/h6-9,11H,4-5,10,15H2,1-3H3. The molecule has 0 aliphatic heterocycles. The first kappa shape index (κ1) is 14.4. The molecule has 4 nitrogen and oxygen atoms in total. The molecule has 2 N–H and O–H groups in total. The Morgan fingerprint density at radius 3 is 2.72 bits per heavy atom. The maximum absolute atomic E-state index is 12.0. The Kier molecular flexibility index (Phi) is 5.49. The first-order valence-electron chi connectivity index (χ1n) is 6.32. The van der Waals surface area contributed by atoms with E-state index in [-0.39, 0.29) is 5.91 Å². The Balaban J connectivity index is 2.57. The lowest BCUT2D eigenvalue weighted by Crippen LogP contribution is -2.38. The quantitative estimate of drug-likeness (QED) is 0.788. The molecule has 4 heteroatoms. The number of nitrogen functional groups attached to an aromatic ring is 1. The van der Waals surface area contributed by atoms with Crippen LogP contribution >= 0.6 is 0 Å². The lowest BCUT2D eigenvalue weighted by atomic mass is 10.2. The van der Waals surface area contributed by atoms with E-state index in [1.165, 1.54) is 0 Å². The van der Waals surface area contributed by atoms with E-state index >= 15 is 0 Å². The van der Waals surface area contributed by atoms with Gasteiger partial charge in [-0.05, 0) is 25.5 Å². The number of para-hydroxylation sites is 2. The summed E-state index contributed by atoms with van der Waals surface area (Å²) < 4.78 is 5.59. The minimum Gasteiger partial charge on any atom is -0.479 e. The summed E-state index contributed by atoms with van der Waals surface area (Å²) in [5.74, 6) is 0.536. The van der Waals surface area contributed by atoms with E-state index < -0.39 is 6.10 Å². The molecule has 1 rings (SSSR count). The number of amides is 1. The largest absolute Gasteiger partial charge is 0.479 e. The monoisotopic (exact) mass is 250 g/mol. The van der Waals surface area contributed by atoms with Gasteiger partial charge in [-0.25, -0.2) is 0 Å². The van der Waals surface area contributed by atoms with E-state index in [4.69, 9.17) is 10.5 Å². The zero-order chi connectivity index (χ0) is 13.5. The third-order valence-corrected chi connectivity index (χ3v) is 2.79. The minimum atomic E-state index is -0.517. The molecule has 1 amide bonds. The van der Waals surface area contributed by atoms with Crippen molar-refractivity contribution in [3.63, 3.8) is 0 Å². The molecular weight excluding hydrogens is 228 g/mol. The smallest absolute Gasteiger partial charge is 0.263 e. The summed E-state index contributed by atoms with van der Waals surface area (Å²) in [4.78, 5) is 13.7. The van der Waals surface area contributed by atoms with E-state index in [0.29, 0.717) is 11.4 Å². The number of carbonyl (C=O) groups excluding carboxylic acids is 1. The van der Waals surface area contributed by atoms with Crippen LogP contribution in [0.2, 0.25) is 0 Å². The van der Waals surface area contributed by atoms with Gasteiger partial charge in [-0.3, -0.25) is 4.79 Å². The van der Waals surface area contributed by atoms with Gasteiger partial charge in [0.25, 0.3) is 5.91 Å². The lowest BCUT2D eigenvalue weighted by molar-refractivity contribution is -0.136. The van der Waals surface area contributed by atoms with Crippen LogP contribution in [-0.4, -0.2) is 30.5 Å². The second-order valence-corrected chi connectivity index (χ2v) is 4.41. The van der Waals surface area contributed by atoms with E-state index in [1.807, 2.05) is 12.1 Å². The molecule has 0 bridgehead atoms. The lowest BCUT2D eigenvalue weighted by Gasteiger charge is -2.22. The number of carbonyl (C=O) groups is 1. The van der Waals surface area contributed by atoms with E-state index in [9.17, 15) is 4.79 Å². The minimum absolute atomic E-state index is 0.0216. The number of hydrogen-bond acceptors (Lipinski definition) is 3. The number of benzene rings is 1. The van der Waals surface area contributed by atoms with E-state index in [2.05, 4.69) is 6.92 Å². The molecule has 1 aromatic rings. The molecule has 0 radical (unpaired) electrons. The van der Waals surface area contributed by atoms with Gasteiger partial charge in [-0.15, -0.1) is 0 Å². The number of rotatable bonds is 6. The summed E-state index contributed by atoms with van der Waals surface area (Å²) in [7, 11) is 1.80. The van der Waals surface area contributed by atoms with Crippen LogP contribution in [0.4, 0.5) is 5.69 Å². The van der Waals surface area contributed by atoms with Crippen molar-refractivity contribution in [2.75, 3.05) is 19.3 Å². The Bertz CT molecular complexity index is 393. The van der Waals surface area contributed by atoms with Crippen LogP contribution in [0.5, 0.6) is 5.75 Å². The molecule has 1 atom stereocenters. The summed E-state index contributed by atoms with van der Waals surface area (Å²) in [5, 5.41) is 0. The molecule has 100 valence electrons. The van der Waals surface area contributed by atoms with Gasteiger partial charge in [0.2, 0.25) is 0 Å². The van der Waals surface area contributed by atoms with E-state index in [1.54, 1.807) is 31.0 Å². The summed E-state index contributed by atoms with van der Waals surface area (Å²) in [6.45, 7) is 4.60. The Hall–Kier alpha value is -1.71. The second kappa shape index (κ2) is 6.89. The highest BCUT2D eigenvalue weighted by Crippen LogP contribution is 2.21. The summed E-state index contributed by atoms with van der Waals surface area (Å²) in [5.41, 5.74) is 6.32. The Labute approximate surface area is 109 Å². The molecule has 18 heavy (non-hydrogen) atoms. The molecule has 1 aromatic carbocycles. The molecule has 0 heterocycles. The normalized spacial score (nSPS) is 11.9. The van der Waals surface area contributed by atoms with Crippen LogP contribution in [0, 0.1) is 0 Å². The summed E-state index contributed by atoms with van der Waals surface area (Å²) in [6, 6.07) is 7.20. The van der Waals surface area contributed by atoms with Gasteiger partial charge >= 0.3 is 0 Å². The number of nitrogens with zero attached hydrogens (tertiary/aromatic N) is 1. The van der Waals surface area contributed by atoms with Crippen molar-refractivity contribution in [2.24, 2.45) is 0 Å². The molecule has 1 unspecified atom stereocenters. The zero-order valence-electron chi connectivity index (χ0n) is 11.3. The third kappa shape index (κ3) is 3.95. The van der Waals surface area contributed by atoms with E-state index in [0.717, 1.165) is 19.4 Å². The average Bonchev–Trinajstić information content (AvgIpc) is 2.37. The predicted molar refractivity (Wildman–Crippen MR) is 73.5 cm³/mol. The molecule has 0 aromatic heterocycles. The average molecular weight is 250 g/mol. The number of hydrogen-bond donors (Lipinski definition) is 1. The van der Waals surface area contributed by atoms with Crippen molar-refractivity contribution in [1.29, 1.82) is 0 Å². The van der Waals surface area contributed by atoms with Gasteiger partial charge in [-0.2, -0.15) is 0 Å². The highest BCUT2D eigenvalue weighted by molar-refractivity contribution is 5.80. The number of anilines is 1. The zero-order valence-corrected chi connectivity index (χ0v) is 11.3. The molecule has 0 saturated heterocycles. The second-order valence-electron chi connectivity index (χ2n) is 4.41. The summed E-state index contributed by atoms with van der Waals surface area (Å²) in [6.07, 6.45) is 1.55. The molecule has 0 saturated carbocycles. The fourth-order valence-corrected chi connectivity index (χ4v) is 1.64. The predicted octanol–water partition coefficient (Wildman–Crippen LogP) is 2.29. The van der Waals surface area contributed by atoms with Crippen LogP contribution in [-0.2, 0) is 4.79 Å². The highest BCUT2D eigenvalue weighted by Gasteiger charge is 2.19. The first-order chi connectivity index (χ1) is 8.56. The number of likely N-dealkylation sites (N-methyl/N-ethyl adjacent to an activating group) is 1. The highest BCUT2D eigenvalue weighted by atomic mass is 16.5. The topological polar surface area (TPSA) is 55.6 Å². The van der Waals surface area contributed by atoms with Crippen molar-refractivity contribution in [3.8, 4) is 5.75 Å². The van der Waals surface area contributed by atoms with Crippen LogP contribution < -0.4 is 10.5 Å². The Morgan fingerprint density at radius 1 is 1.44 bits per heavy atom. The van der Waals surface area contributed by atoms with Gasteiger partial charge in [0, 0.05) is 13.6 Å². The van der Waals surface area contributed by atoms with Crippen LogP contribution in [0.15, 0.2) is 24.3 Å². The maximum Gasteiger partial charge on any atom is 0.263 e. The van der Waals surface area contributed by atoms with Crippen LogP contribution in [0.1, 0.15) is 26.7 Å². The van der Waals surface area contributed by atoms with Gasteiger partial charge < -0.3 is 15.4 Å². The number of ether oxygens (including phenoxy) is 1. The van der Waals surface area contributed by atoms with Crippen LogP contribution in [0.25, 0.3) is 0 Å². The molecule has 0 fully saturated rings. The molecule has 0 aliphatic carbocycles. The number of unbranched alkanes of at least 4 members (excludes halogenated alkanes) is 1. The van der Waals surface area contributed by atoms with Gasteiger partial charge in [0.15, 0.2) is 6.10 Å². The first-order valence-corrected chi connectivity index (χ1v) is 6.32. The van der Waals surface area contributed by atoms with Gasteiger partial charge in [0.05, 0.1) is 5.69 Å². The SMILES string of the molecule is CCCCN(C)C(=O)C(C)Oc1ccccc1N. The molecule has 0 spiro atoms. The Morgan fingerprint density at radius 2 is 2.11 bits per heavy atom.